The molecule has 1 aliphatic rings. The number of halogens is 1. The molecule has 0 N–H and O–H groups in total. The van der Waals surface area contributed by atoms with E-state index in [1.54, 1.807) is 47.9 Å². The molecule has 0 saturated heterocycles. The number of hydrogen-bond donors (Lipinski definition) is 0. The summed E-state index contributed by atoms with van der Waals surface area (Å²) < 4.78 is 21.5. The van der Waals surface area contributed by atoms with Crippen LogP contribution in [0.3, 0.4) is 0 Å². The normalized spacial score (nSPS) is 14.8. The van der Waals surface area contributed by atoms with Crippen LogP contribution in [-0.2, 0) is 4.74 Å². The van der Waals surface area contributed by atoms with Crippen LogP contribution in [0.5, 0.6) is 0 Å². The summed E-state index contributed by atoms with van der Waals surface area (Å²) in [6.07, 6.45) is 1.53. The zero-order valence-corrected chi connectivity index (χ0v) is 15.9. The fraction of sp³-hybridized carbons (Fsp3) is 0.182. The van der Waals surface area contributed by atoms with E-state index in [4.69, 9.17) is 9.73 Å². The zero-order chi connectivity index (χ0) is 20.5. The minimum absolute atomic E-state index is 0.174. The molecule has 6 nitrogen and oxygen atoms in total. The Morgan fingerprint density at radius 3 is 2.79 bits per heavy atom. The highest BCUT2D eigenvalue weighted by Gasteiger charge is 2.30. The van der Waals surface area contributed by atoms with Gasteiger partial charge in [-0.2, -0.15) is 5.26 Å². The van der Waals surface area contributed by atoms with Crippen LogP contribution in [0.2, 0.25) is 0 Å². The fourth-order valence-electron chi connectivity index (χ4n) is 3.50. The topological polar surface area (TPSA) is 80.3 Å². The van der Waals surface area contributed by atoms with Gasteiger partial charge in [-0.25, -0.2) is 14.2 Å². The van der Waals surface area contributed by atoms with Gasteiger partial charge in [0.05, 0.1) is 41.4 Å². The first-order valence-electron chi connectivity index (χ1n) is 9.17. The van der Waals surface area contributed by atoms with Gasteiger partial charge in [-0.3, -0.25) is 9.56 Å². The van der Waals surface area contributed by atoms with Crippen molar-refractivity contribution in [3.05, 3.63) is 82.7 Å². The van der Waals surface area contributed by atoms with Gasteiger partial charge in [0.2, 0.25) is 0 Å². The van der Waals surface area contributed by atoms with Crippen LogP contribution in [0.15, 0.2) is 53.8 Å². The molecule has 1 unspecified atom stereocenters. The van der Waals surface area contributed by atoms with E-state index >= 15 is 0 Å². The van der Waals surface area contributed by atoms with Crippen LogP contribution in [0.4, 0.5) is 4.39 Å². The van der Waals surface area contributed by atoms with Crippen molar-refractivity contribution in [2.45, 2.75) is 19.9 Å². The van der Waals surface area contributed by atoms with Gasteiger partial charge in [0, 0.05) is 11.1 Å². The highest BCUT2D eigenvalue weighted by Crippen LogP contribution is 2.33. The van der Waals surface area contributed by atoms with Gasteiger partial charge in [0.1, 0.15) is 12.1 Å². The number of fused-ring (bicyclic) bond motifs is 3. The van der Waals surface area contributed by atoms with Crippen LogP contribution in [-0.4, -0.2) is 27.8 Å². The number of aliphatic imine (C=N–C) groups is 1. The van der Waals surface area contributed by atoms with Gasteiger partial charge in [0.25, 0.3) is 0 Å². The molecule has 1 aromatic heterocycles. The number of hydrogen-bond acceptors (Lipinski definition) is 5. The Kier molecular flexibility index (Phi) is 4.69. The van der Waals surface area contributed by atoms with Crippen molar-refractivity contribution >= 4 is 11.7 Å². The first-order valence-corrected chi connectivity index (χ1v) is 9.17. The van der Waals surface area contributed by atoms with Crippen molar-refractivity contribution in [1.29, 1.82) is 5.26 Å². The van der Waals surface area contributed by atoms with Crippen LogP contribution in [0.25, 0.3) is 5.69 Å². The molecule has 7 heteroatoms. The Morgan fingerprint density at radius 2 is 2.07 bits per heavy atom. The molecule has 0 radical (unpaired) electrons. The molecule has 0 bridgehead atoms. The van der Waals surface area contributed by atoms with Gasteiger partial charge >= 0.3 is 5.97 Å². The van der Waals surface area contributed by atoms with E-state index in [1.807, 2.05) is 6.92 Å². The average molecular weight is 388 g/mol. The van der Waals surface area contributed by atoms with Crippen LogP contribution in [0.1, 0.15) is 52.8 Å². The second-order valence-corrected chi connectivity index (χ2v) is 6.55. The maximum atomic E-state index is 14.6. The molecule has 1 aliphatic heterocycles. The summed E-state index contributed by atoms with van der Waals surface area (Å²) in [7, 11) is 0. The second kappa shape index (κ2) is 7.32. The molecule has 2 heterocycles. The van der Waals surface area contributed by atoms with Crippen molar-refractivity contribution in [2.75, 3.05) is 6.61 Å². The summed E-state index contributed by atoms with van der Waals surface area (Å²) in [5.74, 6) is -0.949. The van der Waals surface area contributed by atoms with E-state index in [2.05, 4.69) is 11.1 Å². The lowest BCUT2D eigenvalue weighted by atomic mass is 9.98. The van der Waals surface area contributed by atoms with E-state index in [-0.39, 0.29) is 12.3 Å². The lowest BCUT2D eigenvalue weighted by Crippen LogP contribution is -2.11. The number of ether oxygens (including phenoxy) is 1. The Balaban J connectivity index is 2.01. The predicted octanol–water partition coefficient (Wildman–Crippen LogP) is 3.97. The number of aromatic nitrogens is 2. The van der Waals surface area contributed by atoms with E-state index in [1.165, 1.54) is 12.4 Å². The smallest absolute Gasteiger partial charge is 0.358 e. The Bertz CT molecular complexity index is 1190. The highest BCUT2D eigenvalue weighted by atomic mass is 19.1. The SMILES string of the molecule is CCOC(=O)c1ncn2c1C(C)N=C(c1ccccc1F)c1cc(C#N)ccc1-2. The molecule has 3 aromatic rings. The molecule has 4 rings (SSSR count). The molecule has 0 spiro atoms. The van der Waals surface area contributed by atoms with Crippen LogP contribution < -0.4 is 0 Å². The maximum absolute atomic E-state index is 14.6. The van der Waals surface area contributed by atoms with E-state index in [9.17, 15) is 14.4 Å². The molecular formula is C22H17FN4O2. The fourth-order valence-corrected chi connectivity index (χ4v) is 3.50. The lowest BCUT2D eigenvalue weighted by Gasteiger charge is -2.12. The van der Waals surface area contributed by atoms with Gasteiger partial charge < -0.3 is 4.74 Å². The molecule has 29 heavy (non-hydrogen) atoms. The molecule has 0 saturated carbocycles. The highest BCUT2D eigenvalue weighted by molar-refractivity contribution is 6.15. The first-order chi connectivity index (χ1) is 14.0. The number of rotatable bonds is 3. The van der Waals surface area contributed by atoms with Crippen molar-refractivity contribution < 1.29 is 13.9 Å². The molecule has 0 amide bonds. The molecule has 0 fully saturated rings. The third kappa shape index (κ3) is 3.09. The number of benzene rings is 2. The molecule has 144 valence electrons. The summed E-state index contributed by atoms with van der Waals surface area (Å²) in [5.41, 5.74) is 3.15. The van der Waals surface area contributed by atoms with Gasteiger partial charge in [-0.05, 0) is 44.2 Å². The maximum Gasteiger partial charge on any atom is 0.358 e. The Morgan fingerprint density at radius 1 is 1.28 bits per heavy atom. The largest absolute Gasteiger partial charge is 0.461 e. The second-order valence-electron chi connectivity index (χ2n) is 6.55. The third-order valence-electron chi connectivity index (χ3n) is 4.76. The lowest BCUT2D eigenvalue weighted by molar-refractivity contribution is 0.0518. The monoisotopic (exact) mass is 388 g/mol. The molecular weight excluding hydrogens is 371 g/mol. The number of nitriles is 1. The number of carbonyl (C=O) groups excluding carboxylic acids is 1. The summed E-state index contributed by atoms with van der Waals surface area (Å²) in [4.78, 5) is 21.4. The molecule has 0 aliphatic carbocycles. The molecule has 1 atom stereocenters. The summed E-state index contributed by atoms with van der Waals surface area (Å²) in [6, 6.07) is 13.1. The predicted molar refractivity (Wildman–Crippen MR) is 105 cm³/mol. The minimum Gasteiger partial charge on any atom is -0.461 e. The minimum atomic E-state index is -0.534. The van der Waals surface area contributed by atoms with Crippen molar-refractivity contribution in [3.63, 3.8) is 0 Å². The van der Waals surface area contributed by atoms with Crippen molar-refractivity contribution in [3.8, 4) is 11.8 Å². The average Bonchev–Trinajstić information content (AvgIpc) is 3.13. The number of esters is 1. The van der Waals surface area contributed by atoms with Crippen molar-refractivity contribution in [2.24, 2.45) is 4.99 Å². The van der Waals surface area contributed by atoms with Gasteiger partial charge in [-0.1, -0.05) is 12.1 Å². The zero-order valence-electron chi connectivity index (χ0n) is 15.9. The summed E-state index contributed by atoms with van der Waals surface area (Å²) in [5, 5.41) is 9.36. The van der Waals surface area contributed by atoms with Crippen LogP contribution >= 0.6 is 0 Å². The number of carbonyl (C=O) groups is 1. The van der Waals surface area contributed by atoms with E-state index < -0.39 is 17.8 Å². The quantitative estimate of drug-likeness (QED) is 0.636. The molecule has 2 aromatic carbocycles. The third-order valence-corrected chi connectivity index (χ3v) is 4.76. The van der Waals surface area contributed by atoms with Crippen LogP contribution in [0, 0.1) is 17.1 Å². The summed E-state index contributed by atoms with van der Waals surface area (Å²) >= 11 is 0. The van der Waals surface area contributed by atoms with E-state index in [0.717, 1.165) is 0 Å². The van der Waals surface area contributed by atoms with Gasteiger partial charge in [0.15, 0.2) is 5.69 Å². The van der Waals surface area contributed by atoms with Crippen molar-refractivity contribution in [1.82, 2.24) is 9.55 Å². The Hall–Kier alpha value is -3.79. The van der Waals surface area contributed by atoms with Gasteiger partial charge in [-0.15, -0.1) is 0 Å². The number of nitrogens with zero attached hydrogens (tertiary/aromatic N) is 4. The van der Waals surface area contributed by atoms with E-state index in [0.29, 0.717) is 33.8 Å². The Labute approximate surface area is 166 Å². The standard InChI is InChI=1S/C22H17FN4O2/c1-3-29-22(28)20-21-13(2)26-19(15-6-4-5-7-17(15)23)16-10-14(11-24)8-9-18(16)27(21)12-25-20/h4-10,12-13H,3H2,1-2H3. The first kappa shape index (κ1) is 18.6. The summed E-state index contributed by atoms with van der Waals surface area (Å²) in [6.45, 7) is 3.77. The number of imidazole rings is 1.